The quantitative estimate of drug-likeness (QED) is 0.762. The summed E-state index contributed by atoms with van der Waals surface area (Å²) >= 11 is 1.94. The van der Waals surface area contributed by atoms with Crippen molar-refractivity contribution in [1.29, 1.82) is 0 Å². The first kappa shape index (κ1) is 14.0. The van der Waals surface area contributed by atoms with Gasteiger partial charge in [-0.25, -0.2) is 0 Å². The second-order valence-corrected chi connectivity index (χ2v) is 7.20. The SMILES string of the molecule is CCCNC1CC(c2ccc(SC(C)C)cc2)C1. The van der Waals surface area contributed by atoms with Crippen LogP contribution in [0.3, 0.4) is 0 Å². The topological polar surface area (TPSA) is 12.0 Å². The average molecular weight is 263 g/mol. The van der Waals surface area contributed by atoms with Crippen LogP contribution in [-0.2, 0) is 0 Å². The Morgan fingerprint density at radius 1 is 1.22 bits per heavy atom. The summed E-state index contributed by atoms with van der Waals surface area (Å²) < 4.78 is 0. The number of rotatable bonds is 6. The molecular formula is C16H25NS. The van der Waals surface area contributed by atoms with Crippen LogP contribution in [0.15, 0.2) is 29.2 Å². The minimum Gasteiger partial charge on any atom is -0.314 e. The van der Waals surface area contributed by atoms with Crippen molar-refractivity contribution in [2.45, 2.75) is 62.1 Å². The third kappa shape index (κ3) is 3.76. The van der Waals surface area contributed by atoms with Gasteiger partial charge in [0.25, 0.3) is 0 Å². The molecule has 0 saturated heterocycles. The first-order valence-electron chi connectivity index (χ1n) is 7.19. The molecule has 1 aliphatic carbocycles. The number of nitrogens with one attached hydrogen (secondary N) is 1. The van der Waals surface area contributed by atoms with Crippen LogP contribution in [0.1, 0.15) is 51.5 Å². The molecule has 1 aromatic rings. The van der Waals surface area contributed by atoms with Crippen molar-refractivity contribution in [1.82, 2.24) is 5.32 Å². The standard InChI is InChI=1S/C16H25NS/c1-4-9-17-15-10-14(11-15)13-5-7-16(8-6-13)18-12(2)3/h5-8,12,14-15,17H,4,9-11H2,1-3H3. The number of hydrogen-bond acceptors (Lipinski definition) is 2. The first-order chi connectivity index (χ1) is 8.69. The molecule has 100 valence electrons. The summed E-state index contributed by atoms with van der Waals surface area (Å²) in [4.78, 5) is 1.40. The summed E-state index contributed by atoms with van der Waals surface area (Å²) in [5.74, 6) is 0.789. The summed E-state index contributed by atoms with van der Waals surface area (Å²) in [7, 11) is 0. The maximum atomic E-state index is 3.60. The monoisotopic (exact) mass is 263 g/mol. The Bertz CT molecular complexity index is 352. The van der Waals surface area contributed by atoms with E-state index < -0.39 is 0 Å². The Hall–Kier alpha value is -0.470. The molecule has 18 heavy (non-hydrogen) atoms. The summed E-state index contributed by atoms with van der Waals surface area (Å²) in [6.45, 7) is 7.89. The minimum atomic E-state index is 0.669. The van der Waals surface area contributed by atoms with Crippen LogP contribution in [0.4, 0.5) is 0 Å². The predicted molar refractivity (Wildman–Crippen MR) is 81.5 cm³/mol. The smallest absolute Gasteiger partial charge is 0.00787 e. The van der Waals surface area contributed by atoms with Gasteiger partial charge in [-0.3, -0.25) is 0 Å². The van der Waals surface area contributed by atoms with E-state index in [4.69, 9.17) is 0 Å². The maximum Gasteiger partial charge on any atom is 0.00787 e. The second kappa shape index (κ2) is 6.63. The van der Waals surface area contributed by atoms with Gasteiger partial charge < -0.3 is 5.32 Å². The molecule has 0 aliphatic heterocycles. The fourth-order valence-corrected chi connectivity index (χ4v) is 3.33. The Labute approximate surface area is 116 Å². The van der Waals surface area contributed by atoms with Gasteiger partial charge in [0.1, 0.15) is 0 Å². The van der Waals surface area contributed by atoms with E-state index in [1.807, 2.05) is 11.8 Å². The fourth-order valence-electron chi connectivity index (χ4n) is 2.50. The van der Waals surface area contributed by atoms with Crippen LogP contribution in [0.25, 0.3) is 0 Å². The molecule has 1 fully saturated rings. The minimum absolute atomic E-state index is 0.669. The zero-order valence-corrected chi connectivity index (χ0v) is 12.6. The van der Waals surface area contributed by atoms with E-state index in [0.717, 1.165) is 12.0 Å². The first-order valence-corrected chi connectivity index (χ1v) is 8.07. The van der Waals surface area contributed by atoms with E-state index in [-0.39, 0.29) is 0 Å². The molecule has 1 nitrogen and oxygen atoms in total. The molecule has 2 rings (SSSR count). The molecule has 0 aromatic heterocycles. The van der Waals surface area contributed by atoms with Crippen molar-refractivity contribution in [2.24, 2.45) is 0 Å². The van der Waals surface area contributed by atoms with Gasteiger partial charge in [-0.1, -0.05) is 32.9 Å². The zero-order chi connectivity index (χ0) is 13.0. The number of benzene rings is 1. The zero-order valence-electron chi connectivity index (χ0n) is 11.8. The second-order valence-electron chi connectivity index (χ2n) is 5.56. The maximum absolute atomic E-state index is 3.60. The van der Waals surface area contributed by atoms with Gasteiger partial charge in [-0.05, 0) is 49.4 Å². The third-order valence-electron chi connectivity index (χ3n) is 3.54. The summed E-state index contributed by atoms with van der Waals surface area (Å²) in [5, 5.41) is 4.27. The van der Waals surface area contributed by atoms with Crippen molar-refractivity contribution >= 4 is 11.8 Å². The van der Waals surface area contributed by atoms with Crippen LogP contribution < -0.4 is 5.32 Å². The molecule has 0 bridgehead atoms. The largest absolute Gasteiger partial charge is 0.314 e. The molecule has 0 radical (unpaired) electrons. The van der Waals surface area contributed by atoms with Crippen molar-refractivity contribution in [3.05, 3.63) is 29.8 Å². The molecule has 0 amide bonds. The lowest BCUT2D eigenvalue weighted by Gasteiger charge is -2.36. The Morgan fingerprint density at radius 3 is 2.44 bits per heavy atom. The van der Waals surface area contributed by atoms with Crippen molar-refractivity contribution in [3.63, 3.8) is 0 Å². The van der Waals surface area contributed by atoms with Gasteiger partial charge in [-0.2, -0.15) is 0 Å². The highest BCUT2D eigenvalue weighted by Crippen LogP contribution is 2.37. The van der Waals surface area contributed by atoms with Gasteiger partial charge in [-0.15, -0.1) is 11.8 Å². The Balaban J connectivity index is 1.81. The van der Waals surface area contributed by atoms with E-state index in [1.165, 1.54) is 36.3 Å². The highest BCUT2D eigenvalue weighted by atomic mass is 32.2. The number of hydrogen-bond donors (Lipinski definition) is 1. The highest BCUT2D eigenvalue weighted by molar-refractivity contribution is 7.99. The molecule has 0 spiro atoms. The van der Waals surface area contributed by atoms with Gasteiger partial charge in [0.15, 0.2) is 0 Å². The molecule has 0 unspecified atom stereocenters. The molecule has 1 aromatic carbocycles. The summed E-state index contributed by atoms with van der Waals surface area (Å²) in [5.41, 5.74) is 1.53. The van der Waals surface area contributed by atoms with Gasteiger partial charge in [0.05, 0.1) is 0 Å². The lowest BCUT2D eigenvalue weighted by atomic mass is 9.76. The van der Waals surface area contributed by atoms with Gasteiger partial charge in [0.2, 0.25) is 0 Å². The van der Waals surface area contributed by atoms with E-state index in [0.29, 0.717) is 5.25 Å². The van der Waals surface area contributed by atoms with E-state index in [9.17, 15) is 0 Å². The molecule has 1 saturated carbocycles. The van der Waals surface area contributed by atoms with Crippen LogP contribution in [0.2, 0.25) is 0 Å². The molecule has 1 aliphatic rings. The van der Waals surface area contributed by atoms with Crippen molar-refractivity contribution < 1.29 is 0 Å². The lowest BCUT2D eigenvalue weighted by Crippen LogP contribution is -2.40. The van der Waals surface area contributed by atoms with Crippen LogP contribution in [0, 0.1) is 0 Å². The normalized spacial score (nSPS) is 23.1. The highest BCUT2D eigenvalue weighted by Gasteiger charge is 2.29. The van der Waals surface area contributed by atoms with Crippen LogP contribution in [0.5, 0.6) is 0 Å². The Kier molecular flexibility index (Phi) is 5.13. The summed E-state index contributed by atoms with van der Waals surface area (Å²) in [6.07, 6.45) is 3.87. The fraction of sp³-hybridized carbons (Fsp3) is 0.625. The Morgan fingerprint density at radius 2 is 1.89 bits per heavy atom. The predicted octanol–water partition coefficient (Wildman–Crippen LogP) is 4.43. The van der Waals surface area contributed by atoms with E-state index >= 15 is 0 Å². The lowest BCUT2D eigenvalue weighted by molar-refractivity contribution is 0.292. The van der Waals surface area contributed by atoms with Gasteiger partial charge >= 0.3 is 0 Å². The van der Waals surface area contributed by atoms with E-state index in [1.54, 1.807) is 0 Å². The molecule has 2 heteroatoms. The van der Waals surface area contributed by atoms with Crippen LogP contribution in [-0.4, -0.2) is 17.8 Å². The molecule has 0 atom stereocenters. The van der Waals surface area contributed by atoms with Gasteiger partial charge in [0, 0.05) is 16.2 Å². The number of thioether (sulfide) groups is 1. The molecular weight excluding hydrogens is 238 g/mol. The molecule has 0 heterocycles. The van der Waals surface area contributed by atoms with Crippen molar-refractivity contribution in [3.8, 4) is 0 Å². The summed E-state index contributed by atoms with van der Waals surface area (Å²) in [6, 6.07) is 9.98. The average Bonchev–Trinajstić information content (AvgIpc) is 2.28. The third-order valence-corrected chi connectivity index (χ3v) is 4.56. The van der Waals surface area contributed by atoms with E-state index in [2.05, 4.69) is 50.4 Å². The van der Waals surface area contributed by atoms with Crippen LogP contribution >= 0.6 is 11.8 Å². The van der Waals surface area contributed by atoms with Crippen molar-refractivity contribution in [2.75, 3.05) is 6.54 Å². The molecule has 1 N–H and O–H groups in total.